The first-order chi connectivity index (χ1) is 15.0. The number of esters is 1. The molecule has 0 aromatic heterocycles. The topological polar surface area (TPSA) is 83.5 Å². The van der Waals surface area contributed by atoms with E-state index in [0.29, 0.717) is 11.3 Å². The zero-order valence-electron chi connectivity index (χ0n) is 17.7. The summed E-state index contributed by atoms with van der Waals surface area (Å²) in [6.45, 7) is 1.66. The van der Waals surface area contributed by atoms with Crippen LogP contribution in [-0.2, 0) is 14.4 Å². The van der Waals surface area contributed by atoms with Gasteiger partial charge in [-0.1, -0.05) is 31.2 Å². The number of benzene rings is 2. The molecule has 2 aromatic rings. The Morgan fingerprint density at radius 1 is 1.13 bits per heavy atom. The Bertz CT molecular complexity index is 1050. The van der Waals surface area contributed by atoms with Crippen LogP contribution in [0.1, 0.15) is 35.3 Å². The first-order valence-electron chi connectivity index (χ1n) is 9.81. The van der Waals surface area contributed by atoms with Crippen LogP contribution in [0.25, 0.3) is 0 Å². The van der Waals surface area contributed by atoms with Crippen molar-refractivity contribution in [2.24, 2.45) is 0 Å². The number of para-hydroxylation sites is 1. The number of hydroxylamine groups is 1. The van der Waals surface area contributed by atoms with Crippen LogP contribution in [0.3, 0.4) is 0 Å². The summed E-state index contributed by atoms with van der Waals surface area (Å²) in [5.41, 5.74) is 1.41. The molecular formula is C23H23NO7. The molecule has 0 saturated heterocycles. The average molecular weight is 425 g/mol. The monoisotopic (exact) mass is 425 g/mol. The number of rotatable bonds is 6. The smallest absolute Gasteiger partial charge is 0.311 e. The molecule has 0 N–H and O–H groups in total. The molecule has 0 saturated carbocycles. The number of Topliss-reactive ketones (excluding diaryl/α,β-unsaturated/α-hetero) is 1. The van der Waals surface area contributed by atoms with Crippen molar-refractivity contribution in [2.75, 3.05) is 26.4 Å². The minimum absolute atomic E-state index is 0.0117. The highest BCUT2D eigenvalue weighted by Gasteiger charge is 2.52. The number of hydrogen-bond acceptors (Lipinski definition) is 8. The molecule has 8 nitrogen and oxygen atoms in total. The highest BCUT2D eigenvalue weighted by Crippen LogP contribution is 2.51. The second-order valence-electron chi connectivity index (χ2n) is 6.99. The summed E-state index contributed by atoms with van der Waals surface area (Å²) in [7, 11) is 4.28. The summed E-state index contributed by atoms with van der Waals surface area (Å²) < 4.78 is 22.1. The molecular weight excluding hydrogens is 402 g/mol. The maximum absolute atomic E-state index is 13.8. The number of methoxy groups -OCH3 is 3. The van der Waals surface area contributed by atoms with Crippen molar-refractivity contribution < 1.29 is 33.4 Å². The quantitative estimate of drug-likeness (QED) is 0.394. The SMILES string of the molecule is CCC(=O)Oc1c(OC)c(OC)cc2c1C(=O)[C@]1(OC)C=C[C@H]2N(c2ccccc2)O1. The highest BCUT2D eigenvalue weighted by molar-refractivity contribution is 6.09. The molecule has 0 spiro atoms. The van der Waals surface area contributed by atoms with Crippen LogP contribution in [0.5, 0.6) is 17.2 Å². The summed E-state index contributed by atoms with van der Waals surface area (Å²) in [6.07, 6.45) is 3.51. The van der Waals surface area contributed by atoms with E-state index in [1.807, 2.05) is 36.4 Å². The van der Waals surface area contributed by atoms with Crippen LogP contribution in [0, 0.1) is 0 Å². The number of anilines is 1. The number of carbonyl (C=O) groups excluding carboxylic acids is 2. The molecule has 0 radical (unpaired) electrons. The third-order valence-electron chi connectivity index (χ3n) is 5.32. The van der Waals surface area contributed by atoms with Crippen LogP contribution in [0.2, 0.25) is 0 Å². The van der Waals surface area contributed by atoms with Gasteiger partial charge in [-0.2, -0.15) is 0 Å². The Kier molecular flexibility index (Phi) is 5.43. The van der Waals surface area contributed by atoms with Gasteiger partial charge in [0.05, 0.1) is 25.5 Å². The van der Waals surface area contributed by atoms with Gasteiger partial charge in [-0.15, -0.1) is 0 Å². The maximum atomic E-state index is 13.8. The molecule has 3 aliphatic rings. The fourth-order valence-electron chi connectivity index (χ4n) is 3.77. The summed E-state index contributed by atoms with van der Waals surface area (Å²) in [5, 5.41) is 1.60. The number of ether oxygens (including phenoxy) is 4. The van der Waals surface area contributed by atoms with Crippen molar-refractivity contribution in [3.63, 3.8) is 0 Å². The largest absolute Gasteiger partial charge is 0.493 e. The second-order valence-corrected chi connectivity index (χ2v) is 6.99. The molecule has 0 unspecified atom stereocenters. The molecule has 2 heterocycles. The van der Waals surface area contributed by atoms with E-state index in [1.165, 1.54) is 21.3 Å². The molecule has 0 amide bonds. The number of fused-ring (bicyclic) bond motifs is 1. The third kappa shape index (κ3) is 3.24. The lowest BCUT2D eigenvalue weighted by Crippen LogP contribution is -2.48. The molecule has 31 heavy (non-hydrogen) atoms. The molecule has 2 aromatic carbocycles. The van der Waals surface area contributed by atoms with E-state index in [1.54, 1.807) is 24.1 Å². The van der Waals surface area contributed by atoms with Gasteiger partial charge in [0, 0.05) is 13.5 Å². The summed E-state index contributed by atoms with van der Waals surface area (Å²) in [6, 6.07) is 10.5. The Morgan fingerprint density at radius 2 is 1.87 bits per heavy atom. The van der Waals surface area contributed by atoms with E-state index in [2.05, 4.69) is 0 Å². The van der Waals surface area contributed by atoms with Crippen LogP contribution >= 0.6 is 0 Å². The van der Waals surface area contributed by atoms with Gasteiger partial charge in [-0.05, 0) is 29.8 Å². The Hall–Kier alpha value is -3.36. The Morgan fingerprint density at radius 3 is 2.48 bits per heavy atom. The minimum atomic E-state index is -1.73. The number of ketones is 1. The number of carbonyl (C=O) groups is 2. The maximum Gasteiger partial charge on any atom is 0.311 e. The lowest BCUT2D eigenvalue weighted by Gasteiger charge is -2.38. The normalized spacial score (nSPS) is 21.5. The zero-order valence-corrected chi connectivity index (χ0v) is 17.7. The van der Waals surface area contributed by atoms with Crippen molar-refractivity contribution in [3.8, 4) is 17.2 Å². The van der Waals surface area contributed by atoms with E-state index < -0.39 is 23.6 Å². The van der Waals surface area contributed by atoms with Crippen molar-refractivity contribution in [3.05, 3.63) is 59.7 Å². The fourth-order valence-corrected chi connectivity index (χ4v) is 3.77. The molecule has 2 aliphatic heterocycles. The van der Waals surface area contributed by atoms with Gasteiger partial charge in [-0.3, -0.25) is 9.59 Å². The molecule has 2 bridgehead atoms. The Balaban J connectivity index is 2.02. The predicted molar refractivity (Wildman–Crippen MR) is 111 cm³/mol. The van der Waals surface area contributed by atoms with Gasteiger partial charge in [0.2, 0.25) is 11.5 Å². The van der Waals surface area contributed by atoms with Gasteiger partial charge in [0.15, 0.2) is 11.5 Å². The molecule has 0 fully saturated rings. The van der Waals surface area contributed by atoms with Crippen molar-refractivity contribution >= 4 is 17.4 Å². The molecule has 162 valence electrons. The lowest BCUT2D eigenvalue weighted by molar-refractivity contribution is -0.169. The van der Waals surface area contributed by atoms with Crippen LogP contribution in [-0.4, -0.2) is 38.9 Å². The third-order valence-corrected chi connectivity index (χ3v) is 5.32. The fraction of sp³-hybridized carbons (Fsp3) is 0.304. The van der Waals surface area contributed by atoms with Gasteiger partial charge in [-0.25, -0.2) is 9.90 Å². The van der Waals surface area contributed by atoms with Gasteiger partial charge in [0.25, 0.3) is 5.79 Å². The van der Waals surface area contributed by atoms with Crippen LogP contribution in [0.4, 0.5) is 5.69 Å². The van der Waals surface area contributed by atoms with Crippen LogP contribution in [0.15, 0.2) is 48.6 Å². The number of nitrogens with zero attached hydrogens (tertiary/aromatic N) is 1. The highest BCUT2D eigenvalue weighted by atomic mass is 16.8. The van der Waals surface area contributed by atoms with Gasteiger partial charge < -0.3 is 18.9 Å². The molecule has 2 atom stereocenters. The zero-order chi connectivity index (χ0) is 22.2. The van der Waals surface area contributed by atoms with E-state index >= 15 is 0 Å². The standard InChI is InChI=1S/C23H23NO7/c1-5-18(25)30-21-19-15(13-17(27-2)20(21)28-3)16-11-12-23(29-4,22(19)26)31-24(16)14-9-7-6-8-10-14/h6-13,16H,5H2,1-4H3/t16-,23+/m1/s1. The summed E-state index contributed by atoms with van der Waals surface area (Å²) in [5.74, 6) is -2.30. The predicted octanol–water partition coefficient (Wildman–Crippen LogP) is 3.61. The van der Waals surface area contributed by atoms with E-state index in [4.69, 9.17) is 23.8 Å². The van der Waals surface area contributed by atoms with Gasteiger partial charge >= 0.3 is 5.97 Å². The average Bonchev–Trinajstić information content (AvgIpc) is 3.00. The second kappa shape index (κ2) is 8.05. The lowest BCUT2D eigenvalue weighted by atomic mass is 9.95. The van der Waals surface area contributed by atoms with Gasteiger partial charge in [0.1, 0.15) is 6.04 Å². The van der Waals surface area contributed by atoms with Crippen molar-refractivity contribution in [2.45, 2.75) is 25.2 Å². The summed E-state index contributed by atoms with van der Waals surface area (Å²) in [4.78, 5) is 32.1. The minimum Gasteiger partial charge on any atom is -0.493 e. The van der Waals surface area contributed by atoms with E-state index in [9.17, 15) is 9.59 Å². The first-order valence-corrected chi connectivity index (χ1v) is 9.81. The van der Waals surface area contributed by atoms with Crippen LogP contribution < -0.4 is 19.3 Å². The molecule has 1 aliphatic carbocycles. The van der Waals surface area contributed by atoms with E-state index in [0.717, 1.165) is 5.69 Å². The molecule has 8 heteroatoms. The van der Waals surface area contributed by atoms with E-state index in [-0.39, 0.29) is 23.5 Å². The first kappa shape index (κ1) is 20.9. The van der Waals surface area contributed by atoms with Crippen molar-refractivity contribution in [1.29, 1.82) is 0 Å². The van der Waals surface area contributed by atoms with Crippen molar-refractivity contribution in [1.82, 2.24) is 0 Å². The Labute approximate surface area is 179 Å². The number of hydrogen-bond donors (Lipinski definition) is 0. The summed E-state index contributed by atoms with van der Waals surface area (Å²) >= 11 is 0. The molecule has 5 rings (SSSR count).